The molecule has 0 fully saturated rings. The largest absolute Gasteiger partial charge is 0.300 e. The van der Waals surface area contributed by atoms with E-state index in [1.54, 1.807) is 0 Å². The Bertz CT molecular complexity index is 934. The van der Waals surface area contributed by atoms with Gasteiger partial charge in [-0.1, -0.05) is 58.3 Å². The molecule has 2 aliphatic rings. The van der Waals surface area contributed by atoms with Gasteiger partial charge in [0, 0.05) is 17.9 Å². The fourth-order valence-corrected chi connectivity index (χ4v) is 6.17. The van der Waals surface area contributed by atoms with Crippen LogP contribution in [0.2, 0.25) is 0 Å². The van der Waals surface area contributed by atoms with Gasteiger partial charge in [0.1, 0.15) is 11.6 Å². The first-order valence-corrected chi connectivity index (χ1v) is 12.6. The Morgan fingerprint density at radius 1 is 1.12 bits per heavy atom. The molecule has 0 aliphatic heterocycles. The van der Waals surface area contributed by atoms with E-state index in [-0.39, 0.29) is 41.5 Å². The van der Waals surface area contributed by atoms with Gasteiger partial charge in [-0.25, -0.2) is 0 Å². The first kappa shape index (κ1) is 24.6. The molecule has 3 unspecified atom stereocenters. The quantitative estimate of drug-likeness (QED) is 0.375. The van der Waals surface area contributed by atoms with E-state index in [4.69, 9.17) is 0 Å². The molecule has 0 radical (unpaired) electrons. The Morgan fingerprint density at radius 3 is 2.44 bits per heavy atom. The summed E-state index contributed by atoms with van der Waals surface area (Å²) in [6.07, 6.45) is 8.34. The maximum Gasteiger partial charge on any atom is 0.163 e. The second-order valence-corrected chi connectivity index (χ2v) is 10.6. The first-order chi connectivity index (χ1) is 15.2. The lowest BCUT2D eigenvalue weighted by atomic mass is 9.70. The summed E-state index contributed by atoms with van der Waals surface area (Å²) in [6, 6.07) is 2.32. The highest BCUT2D eigenvalue weighted by Gasteiger charge is 2.35. The second-order valence-electron chi connectivity index (χ2n) is 10.6. The molecule has 3 atom stereocenters. The molecule has 0 heterocycles. The van der Waals surface area contributed by atoms with Gasteiger partial charge in [-0.05, 0) is 79.5 Å². The van der Waals surface area contributed by atoms with E-state index < -0.39 is 0 Å². The van der Waals surface area contributed by atoms with Crippen LogP contribution in [0.15, 0.2) is 11.6 Å². The third kappa shape index (κ3) is 5.13. The zero-order valence-corrected chi connectivity index (χ0v) is 20.8. The fraction of sp³-hybridized carbons (Fsp3) is 0.621. The molecule has 0 N–H and O–H groups in total. The molecule has 1 aromatic carbocycles. The molecule has 174 valence electrons. The lowest BCUT2D eigenvalue weighted by Gasteiger charge is -2.33. The molecule has 0 saturated heterocycles. The standard InChI is InChI=1S/C29H40O3/c1-7-9-21(23(8-2)27(31)12-19(6)30)13-20-14-26-24(17(3)4)16-22-10-18(5)11-25(22)29(26)28(32)15-20/h10,16-17,20-21,23H,7-9,11-15H2,1-6H3. The molecular formula is C29H40O3. The minimum atomic E-state index is -0.0770. The van der Waals surface area contributed by atoms with Gasteiger partial charge in [-0.3, -0.25) is 14.4 Å². The minimum Gasteiger partial charge on any atom is -0.300 e. The highest BCUT2D eigenvalue weighted by molar-refractivity contribution is 6.02. The zero-order chi connectivity index (χ0) is 23.6. The molecule has 0 amide bonds. The SMILES string of the molecule is CCCC(CC1CC(=O)c2c3c(cc(C(C)C)c2C1)C=C(C)C3)C(CC)C(=O)CC(C)=O. The molecule has 3 nitrogen and oxygen atoms in total. The number of ketones is 3. The fourth-order valence-electron chi connectivity index (χ4n) is 6.17. The van der Waals surface area contributed by atoms with Crippen molar-refractivity contribution in [3.63, 3.8) is 0 Å². The van der Waals surface area contributed by atoms with E-state index in [2.05, 4.69) is 46.8 Å². The van der Waals surface area contributed by atoms with Crippen LogP contribution in [-0.2, 0) is 22.4 Å². The van der Waals surface area contributed by atoms with Crippen LogP contribution in [0.25, 0.3) is 6.08 Å². The van der Waals surface area contributed by atoms with Crippen molar-refractivity contribution >= 4 is 23.4 Å². The summed E-state index contributed by atoms with van der Waals surface area (Å²) < 4.78 is 0. The van der Waals surface area contributed by atoms with Gasteiger partial charge in [0.15, 0.2) is 5.78 Å². The molecule has 0 aromatic heterocycles. The third-order valence-electron chi connectivity index (χ3n) is 7.48. The summed E-state index contributed by atoms with van der Waals surface area (Å²) in [5.41, 5.74) is 7.38. The van der Waals surface area contributed by atoms with Gasteiger partial charge in [0.05, 0.1) is 6.42 Å². The summed E-state index contributed by atoms with van der Waals surface area (Å²) >= 11 is 0. The lowest BCUT2D eigenvalue weighted by Crippen LogP contribution is -2.30. The Kier molecular flexibility index (Phi) is 7.90. The average Bonchev–Trinajstić information content (AvgIpc) is 3.06. The predicted octanol–water partition coefficient (Wildman–Crippen LogP) is 6.90. The molecular weight excluding hydrogens is 396 g/mol. The van der Waals surface area contributed by atoms with Crippen molar-refractivity contribution in [2.75, 3.05) is 0 Å². The summed E-state index contributed by atoms with van der Waals surface area (Å²) in [7, 11) is 0. The van der Waals surface area contributed by atoms with E-state index >= 15 is 0 Å². The Morgan fingerprint density at radius 2 is 1.84 bits per heavy atom. The number of hydrogen-bond acceptors (Lipinski definition) is 3. The topological polar surface area (TPSA) is 51.2 Å². The van der Waals surface area contributed by atoms with Crippen LogP contribution in [0, 0.1) is 17.8 Å². The summed E-state index contributed by atoms with van der Waals surface area (Å²) in [5.74, 6) is 1.15. The van der Waals surface area contributed by atoms with Gasteiger partial charge < -0.3 is 0 Å². The van der Waals surface area contributed by atoms with Crippen molar-refractivity contribution in [1.82, 2.24) is 0 Å². The predicted molar refractivity (Wildman–Crippen MR) is 131 cm³/mol. The van der Waals surface area contributed by atoms with Crippen molar-refractivity contribution in [3.8, 4) is 0 Å². The van der Waals surface area contributed by atoms with Crippen LogP contribution in [0.5, 0.6) is 0 Å². The number of carbonyl (C=O) groups excluding carboxylic acids is 3. The molecule has 0 spiro atoms. The molecule has 2 aliphatic carbocycles. The van der Waals surface area contributed by atoms with Gasteiger partial charge in [0.2, 0.25) is 0 Å². The van der Waals surface area contributed by atoms with Crippen molar-refractivity contribution in [2.24, 2.45) is 17.8 Å². The highest BCUT2D eigenvalue weighted by atomic mass is 16.1. The van der Waals surface area contributed by atoms with E-state index in [9.17, 15) is 14.4 Å². The first-order valence-electron chi connectivity index (χ1n) is 12.6. The molecule has 32 heavy (non-hydrogen) atoms. The van der Waals surface area contributed by atoms with E-state index in [1.165, 1.54) is 34.8 Å². The van der Waals surface area contributed by atoms with Gasteiger partial charge >= 0.3 is 0 Å². The maximum absolute atomic E-state index is 13.5. The Balaban J connectivity index is 1.90. The van der Waals surface area contributed by atoms with Crippen LogP contribution < -0.4 is 0 Å². The number of carbonyl (C=O) groups is 3. The van der Waals surface area contributed by atoms with Crippen molar-refractivity contribution in [1.29, 1.82) is 0 Å². The second kappa shape index (κ2) is 10.3. The number of allylic oxidation sites excluding steroid dienone is 1. The van der Waals surface area contributed by atoms with Crippen molar-refractivity contribution in [2.45, 2.75) is 98.8 Å². The maximum atomic E-state index is 13.5. The zero-order valence-electron chi connectivity index (χ0n) is 20.8. The minimum absolute atomic E-state index is 0.0428. The Hall–Kier alpha value is -2.03. The van der Waals surface area contributed by atoms with Crippen molar-refractivity contribution in [3.05, 3.63) is 39.5 Å². The van der Waals surface area contributed by atoms with Gasteiger partial charge in [-0.2, -0.15) is 0 Å². The van der Waals surface area contributed by atoms with Crippen LogP contribution in [0.1, 0.15) is 119 Å². The average molecular weight is 437 g/mol. The van der Waals surface area contributed by atoms with E-state index in [0.717, 1.165) is 44.1 Å². The van der Waals surface area contributed by atoms with E-state index in [1.807, 2.05) is 0 Å². The number of benzene rings is 1. The number of hydrogen-bond donors (Lipinski definition) is 0. The molecule has 3 rings (SSSR count). The molecule has 0 bridgehead atoms. The summed E-state index contributed by atoms with van der Waals surface area (Å²) in [5, 5.41) is 0. The van der Waals surface area contributed by atoms with Crippen molar-refractivity contribution < 1.29 is 14.4 Å². The monoisotopic (exact) mass is 436 g/mol. The number of rotatable bonds is 10. The Labute approximate surface area is 194 Å². The third-order valence-corrected chi connectivity index (χ3v) is 7.48. The molecule has 1 aromatic rings. The number of fused-ring (bicyclic) bond motifs is 3. The normalized spacial score (nSPS) is 19.4. The summed E-state index contributed by atoms with van der Waals surface area (Å²) in [6.45, 7) is 12.3. The molecule has 0 saturated carbocycles. The van der Waals surface area contributed by atoms with Crippen LogP contribution >= 0.6 is 0 Å². The lowest BCUT2D eigenvalue weighted by molar-refractivity contribution is -0.129. The van der Waals surface area contributed by atoms with Crippen LogP contribution in [-0.4, -0.2) is 17.3 Å². The number of Topliss-reactive ketones (excluding diaryl/α,β-unsaturated/α-hetero) is 3. The van der Waals surface area contributed by atoms with Crippen LogP contribution in [0.3, 0.4) is 0 Å². The summed E-state index contributed by atoms with van der Waals surface area (Å²) in [4.78, 5) is 37.8. The van der Waals surface area contributed by atoms with Gasteiger partial charge in [0.25, 0.3) is 0 Å². The van der Waals surface area contributed by atoms with E-state index in [0.29, 0.717) is 12.3 Å². The van der Waals surface area contributed by atoms with Crippen LogP contribution in [0.4, 0.5) is 0 Å². The smallest absolute Gasteiger partial charge is 0.163 e. The molecule has 3 heteroatoms. The van der Waals surface area contributed by atoms with Gasteiger partial charge in [-0.15, -0.1) is 0 Å². The highest BCUT2D eigenvalue weighted by Crippen LogP contribution is 2.42.